The maximum Gasteiger partial charge on any atom is 0.243 e. The van der Waals surface area contributed by atoms with Crippen molar-refractivity contribution in [1.82, 2.24) is 14.5 Å². The van der Waals surface area contributed by atoms with Gasteiger partial charge in [0.2, 0.25) is 21.8 Å². The Bertz CT molecular complexity index is 1430. The van der Waals surface area contributed by atoms with Crippen LogP contribution < -0.4 is 5.32 Å². The molecule has 3 aromatic carbocycles. The summed E-state index contributed by atoms with van der Waals surface area (Å²) < 4.78 is 27.6. The number of hydrogen-bond donors (Lipinski definition) is 1. The van der Waals surface area contributed by atoms with Gasteiger partial charge in [0.05, 0.1) is 11.4 Å². The summed E-state index contributed by atoms with van der Waals surface area (Å²) in [5.74, 6) is -0.769. The van der Waals surface area contributed by atoms with Crippen molar-refractivity contribution < 1.29 is 18.0 Å². The predicted octanol–water partition coefficient (Wildman–Crippen LogP) is 5.70. The van der Waals surface area contributed by atoms with Crippen molar-refractivity contribution in [2.45, 2.75) is 62.0 Å². The zero-order chi connectivity index (χ0) is 29.4. The summed E-state index contributed by atoms with van der Waals surface area (Å²) >= 11 is 12.4. The molecule has 0 radical (unpaired) electrons. The normalized spacial score (nSPS) is 14.9. The van der Waals surface area contributed by atoms with E-state index >= 15 is 0 Å². The third-order valence-corrected chi connectivity index (χ3v) is 9.84. The van der Waals surface area contributed by atoms with E-state index in [1.54, 1.807) is 18.2 Å². The molecule has 2 amide bonds. The van der Waals surface area contributed by atoms with Crippen molar-refractivity contribution in [3.8, 4) is 0 Å². The topological polar surface area (TPSA) is 86.8 Å². The molecule has 0 unspecified atom stereocenters. The summed E-state index contributed by atoms with van der Waals surface area (Å²) in [7, 11) is -2.64. The fourth-order valence-electron chi connectivity index (χ4n) is 5.06. The van der Waals surface area contributed by atoms with Crippen molar-refractivity contribution in [2.75, 3.05) is 13.6 Å². The number of likely N-dealkylation sites (N-methyl/N-ethyl adjacent to an activating group) is 1. The lowest BCUT2D eigenvalue weighted by atomic mass is 9.94. The van der Waals surface area contributed by atoms with Crippen molar-refractivity contribution in [2.24, 2.45) is 0 Å². The number of benzene rings is 3. The molecular formula is C31H35Cl2N3O4S. The quantitative estimate of drug-likeness (QED) is 0.300. The molecule has 0 heterocycles. The molecule has 41 heavy (non-hydrogen) atoms. The summed E-state index contributed by atoms with van der Waals surface area (Å²) in [6.45, 7) is -0.416. The summed E-state index contributed by atoms with van der Waals surface area (Å²) in [5, 5.41) is 4.04. The number of carbonyl (C=O) groups is 2. The van der Waals surface area contributed by atoms with Gasteiger partial charge >= 0.3 is 0 Å². The van der Waals surface area contributed by atoms with E-state index in [1.807, 2.05) is 36.4 Å². The molecule has 0 bridgehead atoms. The first-order valence-electron chi connectivity index (χ1n) is 13.7. The molecule has 10 heteroatoms. The molecule has 1 aliphatic carbocycles. The molecule has 1 atom stereocenters. The van der Waals surface area contributed by atoms with Crippen LogP contribution in [0.1, 0.15) is 43.2 Å². The fraction of sp³-hybridized carbons (Fsp3) is 0.355. The number of halogens is 2. The van der Waals surface area contributed by atoms with Crippen LogP contribution >= 0.6 is 23.2 Å². The van der Waals surface area contributed by atoms with Crippen LogP contribution in [0.3, 0.4) is 0 Å². The smallest absolute Gasteiger partial charge is 0.243 e. The molecule has 0 aliphatic heterocycles. The highest BCUT2D eigenvalue weighted by Crippen LogP contribution is 2.23. The molecule has 7 nitrogen and oxygen atoms in total. The standard InChI is InChI=1S/C31H35Cl2N3O4S/c1-35(41(39,40)27-18-16-25(32)17-19-27)22-30(37)36(21-24-12-8-9-15-28(24)33)29(20-23-10-4-2-5-11-23)31(38)34-26-13-6-3-7-14-26/h2,4-5,8-12,15-19,26,29H,3,6-7,13-14,20-22H2,1H3,(H,34,38)/t29-/m1/s1. The molecule has 3 aromatic rings. The molecular weight excluding hydrogens is 581 g/mol. The second-order valence-electron chi connectivity index (χ2n) is 10.4. The molecule has 0 saturated heterocycles. The first-order chi connectivity index (χ1) is 19.6. The summed E-state index contributed by atoms with van der Waals surface area (Å²) in [6.07, 6.45) is 5.29. The van der Waals surface area contributed by atoms with Crippen molar-refractivity contribution in [3.63, 3.8) is 0 Å². The van der Waals surface area contributed by atoms with E-state index in [-0.39, 0.29) is 29.8 Å². The van der Waals surface area contributed by atoms with Crippen molar-refractivity contribution in [1.29, 1.82) is 0 Å². The fourth-order valence-corrected chi connectivity index (χ4v) is 6.50. The lowest BCUT2D eigenvalue weighted by Gasteiger charge is -2.34. The van der Waals surface area contributed by atoms with Crippen LogP contribution in [-0.4, -0.2) is 55.1 Å². The number of nitrogens with zero attached hydrogens (tertiary/aromatic N) is 2. The molecule has 0 aromatic heterocycles. The van der Waals surface area contributed by atoms with Gasteiger partial charge in [-0.25, -0.2) is 8.42 Å². The predicted molar refractivity (Wildman–Crippen MR) is 162 cm³/mol. The minimum absolute atomic E-state index is 0.0192. The van der Waals surface area contributed by atoms with Crippen LogP contribution in [0.5, 0.6) is 0 Å². The number of sulfonamides is 1. The molecule has 1 fully saturated rings. The Hall–Kier alpha value is -2.91. The Kier molecular flexibility index (Phi) is 10.8. The summed E-state index contributed by atoms with van der Waals surface area (Å²) in [4.78, 5) is 29.4. The lowest BCUT2D eigenvalue weighted by Crippen LogP contribution is -2.54. The van der Waals surface area contributed by atoms with Crippen LogP contribution in [0, 0.1) is 0 Å². The molecule has 1 N–H and O–H groups in total. The summed E-state index contributed by atoms with van der Waals surface area (Å²) in [5.41, 5.74) is 1.55. The zero-order valence-electron chi connectivity index (χ0n) is 23.0. The monoisotopic (exact) mass is 615 g/mol. The van der Waals surface area contributed by atoms with Crippen LogP contribution in [0.25, 0.3) is 0 Å². The van der Waals surface area contributed by atoms with Gasteiger partial charge in [0.1, 0.15) is 6.04 Å². The van der Waals surface area contributed by atoms with Crippen LogP contribution in [0.15, 0.2) is 83.8 Å². The van der Waals surface area contributed by atoms with Gasteiger partial charge in [-0.1, -0.05) is 91.0 Å². The Labute approximate surface area is 252 Å². The van der Waals surface area contributed by atoms with Gasteiger partial charge in [-0.3, -0.25) is 9.59 Å². The number of amides is 2. The minimum Gasteiger partial charge on any atom is -0.352 e. The SMILES string of the molecule is CN(CC(=O)N(Cc1ccccc1Cl)[C@H](Cc1ccccc1)C(=O)NC1CCCCC1)S(=O)(=O)c1ccc(Cl)cc1. The second-order valence-corrected chi connectivity index (χ2v) is 13.3. The minimum atomic E-state index is -3.99. The van der Waals surface area contributed by atoms with Crippen LogP contribution in [0.2, 0.25) is 10.0 Å². The van der Waals surface area contributed by atoms with Gasteiger partial charge in [-0.05, 0) is 54.3 Å². The molecule has 0 spiro atoms. The second kappa shape index (κ2) is 14.3. The maximum absolute atomic E-state index is 14.0. The van der Waals surface area contributed by atoms with E-state index in [0.29, 0.717) is 15.6 Å². The Morgan fingerprint density at radius 1 is 0.902 bits per heavy atom. The third-order valence-electron chi connectivity index (χ3n) is 7.40. The highest BCUT2D eigenvalue weighted by molar-refractivity contribution is 7.89. The molecule has 1 aliphatic rings. The zero-order valence-corrected chi connectivity index (χ0v) is 25.3. The first kappa shape index (κ1) is 31.0. The maximum atomic E-state index is 14.0. The van der Waals surface area contributed by atoms with Crippen LogP contribution in [-0.2, 0) is 32.6 Å². The van der Waals surface area contributed by atoms with E-state index in [1.165, 1.54) is 36.2 Å². The Balaban J connectivity index is 1.66. The van der Waals surface area contributed by atoms with Gasteiger partial charge in [0.25, 0.3) is 0 Å². The number of rotatable bonds is 11. The van der Waals surface area contributed by atoms with Gasteiger partial charge in [-0.15, -0.1) is 0 Å². The van der Waals surface area contributed by atoms with Crippen LogP contribution in [0.4, 0.5) is 0 Å². The Morgan fingerprint density at radius 2 is 1.54 bits per heavy atom. The summed E-state index contributed by atoms with van der Waals surface area (Å²) in [6, 6.07) is 21.6. The van der Waals surface area contributed by atoms with E-state index in [9.17, 15) is 18.0 Å². The average Bonchev–Trinajstić information content (AvgIpc) is 2.97. The highest BCUT2D eigenvalue weighted by atomic mass is 35.5. The van der Waals surface area contributed by atoms with Gasteiger partial charge < -0.3 is 10.2 Å². The van der Waals surface area contributed by atoms with Crippen molar-refractivity contribution >= 4 is 45.0 Å². The third kappa shape index (κ3) is 8.32. The van der Waals surface area contributed by atoms with E-state index < -0.39 is 28.5 Å². The average molecular weight is 617 g/mol. The highest BCUT2D eigenvalue weighted by Gasteiger charge is 2.34. The van der Waals surface area contributed by atoms with E-state index in [2.05, 4.69) is 5.32 Å². The molecule has 1 saturated carbocycles. The van der Waals surface area contributed by atoms with Gasteiger partial charge in [0, 0.05) is 36.1 Å². The van der Waals surface area contributed by atoms with Gasteiger partial charge in [-0.2, -0.15) is 4.31 Å². The van der Waals surface area contributed by atoms with E-state index in [4.69, 9.17) is 23.2 Å². The first-order valence-corrected chi connectivity index (χ1v) is 15.9. The number of nitrogens with one attached hydrogen (secondary N) is 1. The van der Waals surface area contributed by atoms with Crippen molar-refractivity contribution in [3.05, 3.63) is 100 Å². The Morgan fingerprint density at radius 3 is 2.20 bits per heavy atom. The molecule has 218 valence electrons. The van der Waals surface area contributed by atoms with E-state index in [0.717, 1.165) is 42.0 Å². The van der Waals surface area contributed by atoms with Gasteiger partial charge in [0.15, 0.2) is 0 Å². The lowest BCUT2D eigenvalue weighted by molar-refractivity contribution is -0.141. The largest absolute Gasteiger partial charge is 0.352 e. The number of hydrogen-bond acceptors (Lipinski definition) is 4. The molecule has 4 rings (SSSR count). The number of carbonyl (C=O) groups excluding carboxylic acids is 2.